The van der Waals surface area contributed by atoms with Crippen LogP contribution in [-0.2, 0) is 4.79 Å². The van der Waals surface area contributed by atoms with E-state index in [-0.39, 0.29) is 5.91 Å². The van der Waals surface area contributed by atoms with Crippen molar-refractivity contribution in [2.45, 2.75) is 13.8 Å². The summed E-state index contributed by atoms with van der Waals surface area (Å²) in [5, 5.41) is 6.05. The van der Waals surface area contributed by atoms with Crippen LogP contribution in [0.5, 0.6) is 0 Å². The smallest absolute Gasteiger partial charge is 0.251 e. The highest BCUT2D eigenvalue weighted by molar-refractivity contribution is 9.10. The second kappa shape index (κ2) is 5.02. The van der Waals surface area contributed by atoms with E-state index in [0.29, 0.717) is 0 Å². The third-order valence-electron chi connectivity index (χ3n) is 2.85. The number of amides is 1. The third-order valence-corrected chi connectivity index (χ3v) is 3.31. The molecule has 4 heteroatoms. The van der Waals surface area contributed by atoms with Crippen LogP contribution in [0.4, 0.5) is 5.69 Å². The summed E-state index contributed by atoms with van der Waals surface area (Å²) in [5.41, 5.74) is 3.95. The molecule has 0 atom stereocenters. The number of halogens is 1. The van der Waals surface area contributed by atoms with E-state index in [4.69, 9.17) is 0 Å². The molecule has 1 aliphatic heterocycles. The van der Waals surface area contributed by atoms with Crippen LogP contribution in [0.1, 0.15) is 12.5 Å². The van der Waals surface area contributed by atoms with Gasteiger partial charge in [0, 0.05) is 28.8 Å². The minimum absolute atomic E-state index is 0.0148. The third kappa shape index (κ3) is 2.96. The number of benzene rings is 1. The van der Waals surface area contributed by atoms with Gasteiger partial charge in [-0.3, -0.25) is 4.79 Å². The number of nitrogens with one attached hydrogen (secondary N) is 2. The van der Waals surface area contributed by atoms with Crippen molar-refractivity contribution < 1.29 is 4.79 Å². The lowest BCUT2D eigenvalue weighted by molar-refractivity contribution is -0.112. The van der Waals surface area contributed by atoms with Crippen LogP contribution in [-0.4, -0.2) is 19.0 Å². The van der Waals surface area contributed by atoms with Crippen molar-refractivity contribution in [3.63, 3.8) is 0 Å². The van der Waals surface area contributed by atoms with Gasteiger partial charge in [-0.1, -0.05) is 15.9 Å². The molecule has 0 unspecified atom stereocenters. The average molecular weight is 295 g/mol. The quantitative estimate of drug-likeness (QED) is 0.824. The van der Waals surface area contributed by atoms with Crippen molar-refractivity contribution in [1.82, 2.24) is 5.32 Å². The number of hydrogen-bond acceptors (Lipinski definition) is 2. The second-order valence-electron chi connectivity index (χ2n) is 4.30. The highest BCUT2D eigenvalue weighted by Gasteiger charge is 2.16. The molecule has 0 radical (unpaired) electrons. The first-order valence-corrected chi connectivity index (χ1v) is 6.33. The van der Waals surface area contributed by atoms with Crippen molar-refractivity contribution >= 4 is 27.5 Å². The van der Waals surface area contributed by atoms with Gasteiger partial charge in [-0.15, -0.1) is 0 Å². The standard InChI is InChI=1S/C13H15BrN2O/c1-8-3-11(14)5-12(4-8)16-13(17)9(2)10-6-15-7-10/h3-5,15H,6-7H2,1-2H3,(H,16,17). The van der Waals surface area contributed by atoms with Gasteiger partial charge in [0.05, 0.1) is 0 Å². The number of carbonyl (C=O) groups is 1. The van der Waals surface area contributed by atoms with Gasteiger partial charge in [-0.2, -0.15) is 0 Å². The van der Waals surface area contributed by atoms with Crippen molar-refractivity contribution in [2.75, 3.05) is 18.4 Å². The Morgan fingerprint density at radius 3 is 2.59 bits per heavy atom. The van der Waals surface area contributed by atoms with Gasteiger partial charge in [-0.05, 0) is 43.2 Å². The molecule has 0 spiro atoms. The average Bonchev–Trinajstić information content (AvgIpc) is 2.12. The Kier molecular flexibility index (Phi) is 3.64. The zero-order valence-corrected chi connectivity index (χ0v) is 11.5. The molecule has 2 N–H and O–H groups in total. The molecule has 1 fully saturated rings. The van der Waals surface area contributed by atoms with Crippen molar-refractivity contribution in [3.05, 3.63) is 39.4 Å². The van der Waals surface area contributed by atoms with Crippen LogP contribution in [0.15, 0.2) is 33.8 Å². The van der Waals surface area contributed by atoms with Gasteiger partial charge in [-0.25, -0.2) is 0 Å². The minimum Gasteiger partial charge on any atom is -0.322 e. The SMILES string of the molecule is CC(C(=O)Nc1cc(C)cc(Br)c1)=C1CNC1. The first-order chi connectivity index (χ1) is 8.06. The van der Waals surface area contributed by atoms with E-state index in [2.05, 4.69) is 26.6 Å². The highest BCUT2D eigenvalue weighted by atomic mass is 79.9. The molecule has 0 bridgehead atoms. The Bertz CT molecular complexity index is 468. The number of hydrogen-bond donors (Lipinski definition) is 2. The van der Waals surface area contributed by atoms with Crippen molar-refractivity contribution in [2.24, 2.45) is 0 Å². The Hall–Kier alpha value is -1.13. The molecular weight excluding hydrogens is 280 g/mol. The second-order valence-corrected chi connectivity index (χ2v) is 5.22. The molecule has 2 rings (SSSR count). The molecule has 17 heavy (non-hydrogen) atoms. The van der Waals surface area contributed by atoms with E-state index in [1.54, 1.807) is 0 Å². The zero-order chi connectivity index (χ0) is 12.4. The minimum atomic E-state index is -0.0148. The maximum atomic E-state index is 12.0. The molecule has 1 heterocycles. The Balaban J connectivity index is 2.12. The van der Waals surface area contributed by atoms with Gasteiger partial charge >= 0.3 is 0 Å². The van der Waals surface area contributed by atoms with Gasteiger partial charge in [0.15, 0.2) is 0 Å². The fraction of sp³-hybridized carbons (Fsp3) is 0.308. The van der Waals surface area contributed by atoms with E-state index in [1.165, 1.54) is 5.57 Å². The predicted molar refractivity (Wildman–Crippen MR) is 73.1 cm³/mol. The van der Waals surface area contributed by atoms with E-state index < -0.39 is 0 Å². The molecule has 0 aromatic heterocycles. The summed E-state index contributed by atoms with van der Waals surface area (Å²) in [4.78, 5) is 12.0. The summed E-state index contributed by atoms with van der Waals surface area (Å²) in [7, 11) is 0. The summed E-state index contributed by atoms with van der Waals surface area (Å²) in [6.45, 7) is 5.53. The van der Waals surface area contributed by atoms with Crippen LogP contribution in [0.25, 0.3) is 0 Å². The van der Waals surface area contributed by atoms with Gasteiger partial charge in [0.25, 0.3) is 5.91 Å². The first-order valence-electron chi connectivity index (χ1n) is 5.54. The predicted octanol–water partition coefficient (Wildman–Crippen LogP) is 2.62. The molecule has 1 saturated heterocycles. The monoisotopic (exact) mass is 294 g/mol. The maximum Gasteiger partial charge on any atom is 0.251 e. The molecular formula is C13H15BrN2O. The number of rotatable bonds is 2. The lowest BCUT2D eigenvalue weighted by atomic mass is 10.0. The van der Waals surface area contributed by atoms with E-state index in [1.807, 2.05) is 32.0 Å². The largest absolute Gasteiger partial charge is 0.322 e. The molecule has 1 amide bonds. The lowest BCUT2D eigenvalue weighted by Gasteiger charge is -2.21. The normalized spacial score (nSPS) is 14.2. The van der Waals surface area contributed by atoms with Gasteiger partial charge < -0.3 is 10.6 Å². The van der Waals surface area contributed by atoms with Crippen molar-refractivity contribution in [1.29, 1.82) is 0 Å². The van der Waals surface area contributed by atoms with Crippen LogP contribution < -0.4 is 10.6 Å². The molecule has 1 aromatic carbocycles. The molecule has 0 saturated carbocycles. The molecule has 1 aromatic rings. The number of anilines is 1. The van der Waals surface area contributed by atoms with Crippen LogP contribution in [0.2, 0.25) is 0 Å². The summed E-state index contributed by atoms with van der Waals surface area (Å²) in [6.07, 6.45) is 0. The molecule has 3 nitrogen and oxygen atoms in total. The summed E-state index contributed by atoms with van der Waals surface area (Å²) >= 11 is 3.42. The summed E-state index contributed by atoms with van der Waals surface area (Å²) < 4.78 is 0.975. The Morgan fingerprint density at radius 1 is 1.35 bits per heavy atom. The number of carbonyl (C=O) groups excluding carboxylic acids is 1. The summed E-state index contributed by atoms with van der Waals surface area (Å²) in [5.74, 6) is -0.0148. The fourth-order valence-corrected chi connectivity index (χ4v) is 2.32. The van der Waals surface area contributed by atoms with Gasteiger partial charge in [0.2, 0.25) is 0 Å². The zero-order valence-electron chi connectivity index (χ0n) is 9.93. The van der Waals surface area contributed by atoms with E-state index in [0.717, 1.165) is 34.4 Å². The van der Waals surface area contributed by atoms with E-state index >= 15 is 0 Å². The van der Waals surface area contributed by atoms with E-state index in [9.17, 15) is 4.79 Å². The molecule has 90 valence electrons. The Labute approximate surface area is 109 Å². The van der Waals surface area contributed by atoms with Crippen LogP contribution in [0, 0.1) is 6.92 Å². The summed E-state index contributed by atoms with van der Waals surface area (Å²) in [6, 6.07) is 5.87. The lowest BCUT2D eigenvalue weighted by Crippen LogP contribution is -2.36. The molecule has 0 aliphatic carbocycles. The van der Waals surface area contributed by atoms with Crippen molar-refractivity contribution in [3.8, 4) is 0 Å². The maximum absolute atomic E-state index is 12.0. The van der Waals surface area contributed by atoms with Gasteiger partial charge in [0.1, 0.15) is 0 Å². The molecule has 1 aliphatic rings. The Morgan fingerprint density at radius 2 is 2.06 bits per heavy atom. The van der Waals surface area contributed by atoms with Crippen LogP contribution >= 0.6 is 15.9 Å². The fourth-order valence-electron chi connectivity index (χ4n) is 1.71. The highest BCUT2D eigenvalue weighted by Crippen LogP contribution is 2.20. The first kappa shape index (κ1) is 12.3. The number of aryl methyl sites for hydroxylation is 1. The van der Waals surface area contributed by atoms with Crippen LogP contribution in [0.3, 0.4) is 0 Å². The topological polar surface area (TPSA) is 41.1 Å².